The highest BCUT2D eigenvalue weighted by molar-refractivity contribution is 9.10. The van der Waals surface area contributed by atoms with Gasteiger partial charge in [0.05, 0.1) is 10.2 Å². The van der Waals surface area contributed by atoms with Crippen LogP contribution in [0.4, 0.5) is 10.1 Å². The Morgan fingerprint density at radius 1 is 1.56 bits per heavy atom. The van der Waals surface area contributed by atoms with Crippen LogP contribution in [0.15, 0.2) is 16.6 Å². The number of benzene rings is 1. The van der Waals surface area contributed by atoms with E-state index >= 15 is 0 Å². The molecule has 0 bridgehead atoms. The number of hydrogen-bond acceptors (Lipinski definition) is 2. The van der Waals surface area contributed by atoms with E-state index < -0.39 is 0 Å². The minimum Gasteiger partial charge on any atom is -0.384 e. The van der Waals surface area contributed by atoms with Crippen LogP contribution in [0, 0.1) is 11.2 Å². The molecule has 3 N–H and O–H groups in total. The summed E-state index contributed by atoms with van der Waals surface area (Å²) in [6.07, 6.45) is 3.25. The maximum absolute atomic E-state index is 14.3. The average Bonchev–Trinajstić information content (AvgIpc) is 3.14. The molecular weight excluding hydrogens is 297 g/mol. The molecule has 5 heteroatoms. The standard InChI is InChI=1S/C13H17BrFN3/c1-2-7-18(8-3-4-8)10-6-5-9(13(16)17)11(14)12(10)15/h5-6,8H,2-4,7H2,1H3,(H3,16,17). The number of hydrogen-bond donors (Lipinski definition) is 2. The second-order valence-electron chi connectivity index (χ2n) is 4.60. The van der Waals surface area contributed by atoms with Gasteiger partial charge < -0.3 is 10.6 Å². The SMILES string of the molecule is CCCN(c1ccc(C(=N)N)c(Br)c1F)C1CC1. The van der Waals surface area contributed by atoms with E-state index in [-0.39, 0.29) is 16.1 Å². The van der Waals surface area contributed by atoms with Crippen LogP contribution in [0.2, 0.25) is 0 Å². The van der Waals surface area contributed by atoms with Gasteiger partial charge in [-0.3, -0.25) is 5.41 Å². The largest absolute Gasteiger partial charge is 0.384 e. The minimum atomic E-state index is -0.317. The summed E-state index contributed by atoms with van der Waals surface area (Å²) in [5.74, 6) is -0.441. The van der Waals surface area contributed by atoms with E-state index in [1.54, 1.807) is 12.1 Å². The van der Waals surface area contributed by atoms with Gasteiger partial charge in [-0.25, -0.2) is 4.39 Å². The lowest BCUT2D eigenvalue weighted by Gasteiger charge is -2.25. The van der Waals surface area contributed by atoms with Crippen molar-refractivity contribution in [1.82, 2.24) is 0 Å². The molecular formula is C13H17BrFN3. The van der Waals surface area contributed by atoms with Gasteiger partial charge in [0.1, 0.15) is 5.84 Å². The molecule has 1 aliphatic rings. The van der Waals surface area contributed by atoms with Crippen molar-refractivity contribution in [2.45, 2.75) is 32.2 Å². The van der Waals surface area contributed by atoms with Gasteiger partial charge in [-0.15, -0.1) is 0 Å². The molecule has 0 amide bonds. The molecule has 0 aliphatic heterocycles. The zero-order chi connectivity index (χ0) is 13.3. The highest BCUT2D eigenvalue weighted by Gasteiger charge is 2.31. The zero-order valence-electron chi connectivity index (χ0n) is 10.3. The number of nitrogens with zero attached hydrogens (tertiary/aromatic N) is 1. The monoisotopic (exact) mass is 313 g/mol. The van der Waals surface area contributed by atoms with Gasteiger partial charge in [0.15, 0.2) is 5.82 Å². The van der Waals surface area contributed by atoms with E-state index in [1.165, 1.54) is 0 Å². The van der Waals surface area contributed by atoms with Gasteiger partial charge >= 0.3 is 0 Å². The molecule has 18 heavy (non-hydrogen) atoms. The van der Waals surface area contributed by atoms with Gasteiger partial charge in [-0.2, -0.15) is 0 Å². The van der Waals surface area contributed by atoms with E-state index in [1.807, 2.05) is 0 Å². The summed E-state index contributed by atoms with van der Waals surface area (Å²) >= 11 is 3.20. The van der Waals surface area contributed by atoms with E-state index in [9.17, 15) is 4.39 Å². The number of nitrogens with one attached hydrogen (secondary N) is 1. The molecule has 98 valence electrons. The van der Waals surface area contributed by atoms with Crippen molar-refractivity contribution in [2.24, 2.45) is 5.73 Å². The number of anilines is 1. The quantitative estimate of drug-likeness (QED) is 0.647. The van der Waals surface area contributed by atoms with Crippen LogP contribution < -0.4 is 10.6 Å². The van der Waals surface area contributed by atoms with Crippen LogP contribution >= 0.6 is 15.9 Å². The third kappa shape index (κ3) is 2.51. The average molecular weight is 314 g/mol. The Morgan fingerprint density at radius 2 is 2.22 bits per heavy atom. The molecule has 1 saturated carbocycles. The van der Waals surface area contributed by atoms with Crippen molar-refractivity contribution >= 4 is 27.5 Å². The first-order chi connectivity index (χ1) is 8.56. The van der Waals surface area contributed by atoms with Crippen molar-refractivity contribution in [3.8, 4) is 0 Å². The highest BCUT2D eigenvalue weighted by Crippen LogP contribution is 2.36. The van der Waals surface area contributed by atoms with Crippen molar-refractivity contribution in [2.75, 3.05) is 11.4 Å². The van der Waals surface area contributed by atoms with E-state index in [2.05, 4.69) is 27.8 Å². The van der Waals surface area contributed by atoms with Gasteiger partial charge in [0.25, 0.3) is 0 Å². The lowest BCUT2D eigenvalue weighted by molar-refractivity contribution is 0.607. The summed E-state index contributed by atoms with van der Waals surface area (Å²) in [6, 6.07) is 3.90. The van der Waals surface area contributed by atoms with Crippen LogP contribution in [0.1, 0.15) is 31.7 Å². The number of nitrogens with two attached hydrogens (primary N) is 1. The Kier molecular flexibility index (Phi) is 3.90. The number of amidine groups is 1. The molecule has 1 fully saturated rings. The number of nitrogen functional groups attached to an aromatic ring is 1. The zero-order valence-corrected chi connectivity index (χ0v) is 11.9. The van der Waals surface area contributed by atoms with Crippen LogP contribution in [0.3, 0.4) is 0 Å². The van der Waals surface area contributed by atoms with Crippen LogP contribution in [-0.2, 0) is 0 Å². The fourth-order valence-electron chi connectivity index (χ4n) is 2.10. The molecule has 0 atom stereocenters. The van der Waals surface area contributed by atoms with E-state index in [0.717, 1.165) is 25.8 Å². The molecule has 0 aromatic heterocycles. The molecule has 1 aliphatic carbocycles. The van der Waals surface area contributed by atoms with E-state index in [0.29, 0.717) is 17.3 Å². The summed E-state index contributed by atoms with van der Waals surface area (Å²) in [4.78, 5) is 2.12. The van der Waals surface area contributed by atoms with Crippen LogP contribution in [0.25, 0.3) is 0 Å². The maximum atomic E-state index is 14.3. The number of rotatable bonds is 5. The Balaban J connectivity index is 2.38. The molecule has 0 saturated heterocycles. The van der Waals surface area contributed by atoms with Crippen molar-refractivity contribution in [3.05, 3.63) is 28.0 Å². The summed E-state index contributed by atoms with van der Waals surface area (Å²) in [6.45, 7) is 2.94. The van der Waals surface area contributed by atoms with Crippen molar-refractivity contribution in [3.63, 3.8) is 0 Å². The first-order valence-corrected chi connectivity index (χ1v) is 6.94. The highest BCUT2D eigenvalue weighted by atomic mass is 79.9. The maximum Gasteiger partial charge on any atom is 0.161 e. The lowest BCUT2D eigenvalue weighted by Crippen LogP contribution is -2.27. The summed E-state index contributed by atoms with van der Waals surface area (Å²) < 4.78 is 14.6. The summed E-state index contributed by atoms with van der Waals surface area (Å²) in [7, 11) is 0. The smallest absolute Gasteiger partial charge is 0.161 e. The summed E-state index contributed by atoms with van der Waals surface area (Å²) in [5, 5.41) is 7.40. The predicted octanol–water partition coefficient (Wildman–Crippen LogP) is 3.25. The van der Waals surface area contributed by atoms with Crippen LogP contribution in [0.5, 0.6) is 0 Å². The topological polar surface area (TPSA) is 53.1 Å². The Bertz CT molecular complexity index is 472. The number of halogens is 2. The molecule has 0 radical (unpaired) electrons. The summed E-state index contributed by atoms with van der Waals surface area (Å²) in [5.41, 5.74) is 6.43. The lowest BCUT2D eigenvalue weighted by atomic mass is 10.1. The molecule has 1 aromatic rings. The molecule has 3 nitrogen and oxygen atoms in total. The van der Waals surface area contributed by atoms with Gasteiger partial charge in [0, 0.05) is 18.2 Å². The molecule has 2 rings (SSSR count). The fourth-order valence-corrected chi connectivity index (χ4v) is 2.64. The minimum absolute atomic E-state index is 0.124. The fraction of sp³-hybridized carbons (Fsp3) is 0.462. The predicted molar refractivity (Wildman–Crippen MR) is 75.8 cm³/mol. The Hall–Kier alpha value is -1.10. The molecule has 0 spiro atoms. The first kappa shape index (κ1) is 13.3. The van der Waals surface area contributed by atoms with Gasteiger partial charge in [0.2, 0.25) is 0 Å². The Morgan fingerprint density at radius 3 is 2.72 bits per heavy atom. The van der Waals surface area contributed by atoms with Crippen LogP contribution in [-0.4, -0.2) is 18.4 Å². The molecule has 0 heterocycles. The second-order valence-corrected chi connectivity index (χ2v) is 5.39. The van der Waals surface area contributed by atoms with Gasteiger partial charge in [-0.1, -0.05) is 6.92 Å². The first-order valence-electron chi connectivity index (χ1n) is 6.15. The molecule has 1 aromatic carbocycles. The molecule has 0 unspecified atom stereocenters. The Labute approximate surface area is 115 Å². The van der Waals surface area contributed by atoms with Crippen molar-refractivity contribution < 1.29 is 4.39 Å². The van der Waals surface area contributed by atoms with E-state index in [4.69, 9.17) is 11.1 Å². The van der Waals surface area contributed by atoms with Gasteiger partial charge in [-0.05, 0) is 47.3 Å². The third-order valence-corrected chi connectivity index (χ3v) is 3.89. The normalized spacial score (nSPS) is 14.6. The van der Waals surface area contributed by atoms with Crippen molar-refractivity contribution in [1.29, 1.82) is 5.41 Å². The third-order valence-electron chi connectivity index (χ3n) is 3.11. The second kappa shape index (κ2) is 5.26.